The van der Waals surface area contributed by atoms with Gasteiger partial charge >= 0.3 is 0 Å². The molecule has 7 heteroatoms. The van der Waals surface area contributed by atoms with Crippen molar-refractivity contribution in [3.8, 4) is 0 Å². The number of fused-ring (bicyclic) bond motifs is 1. The SMILES string of the molecule is CNC(=O)c1cnn2c([C@@H]3CCCCN3C(=O)c3ccccc3)ccnc12. The van der Waals surface area contributed by atoms with E-state index in [1.165, 1.54) is 6.20 Å². The highest BCUT2D eigenvalue weighted by Gasteiger charge is 2.31. The van der Waals surface area contributed by atoms with E-state index < -0.39 is 0 Å². The molecule has 0 radical (unpaired) electrons. The Morgan fingerprint density at radius 2 is 1.96 bits per heavy atom. The Bertz CT molecular complexity index is 982. The number of rotatable bonds is 3. The lowest BCUT2D eigenvalue weighted by atomic mass is 9.97. The molecule has 0 aliphatic carbocycles. The topological polar surface area (TPSA) is 79.6 Å². The molecule has 2 amide bonds. The Balaban J connectivity index is 1.75. The predicted octanol–water partition coefficient (Wildman–Crippen LogP) is 2.46. The number of nitrogens with zero attached hydrogens (tertiary/aromatic N) is 4. The van der Waals surface area contributed by atoms with E-state index in [4.69, 9.17) is 0 Å². The summed E-state index contributed by atoms with van der Waals surface area (Å²) < 4.78 is 1.69. The smallest absolute Gasteiger partial charge is 0.256 e. The van der Waals surface area contributed by atoms with Crippen LogP contribution in [0.15, 0.2) is 48.8 Å². The van der Waals surface area contributed by atoms with E-state index in [-0.39, 0.29) is 17.9 Å². The van der Waals surface area contributed by atoms with Crippen LogP contribution in [0.3, 0.4) is 0 Å². The summed E-state index contributed by atoms with van der Waals surface area (Å²) in [6.45, 7) is 0.700. The first-order valence-corrected chi connectivity index (χ1v) is 9.11. The number of hydrogen-bond donors (Lipinski definition) is 1. The van der Waals surface area contributed by atoms with Gasteiger partial charge in [-0.3, -0.25) is 9.59 Å². The van der Waals surface area contributed by atoms with Gasteiger partial charge in [-0.1, -0.05) is 18.2 Å². The molecule has 0 unspecified atom stereocenters. The lowest BCUT2D eigenvalue weighted by Gasteiger charge is -2.36. The average molecular weight is 363 g/mol. The summed E-state index contributed by atoms with van der Waals surface area (Å²) in [4.78, 5) is 31.4. The molecule has 1 saturated heterocycles. The molecule has 1 N–H and O–H groups in total. The summed E-state index contributed by atoms with van der Waals surface area (Å²) in [7, 11) is 1.58. The first-order valence-electron chi connectivity index (χ1n) is 9.11. The molecule has 4 rings (SSSR count). The summed E-state index contributed by atoms with van der Waals surface area (Å²) in [5.74, 6) is -0.209. The van der Waals surface area contributed by atoms with Gasteiger partial charge in [0.25, 0.3) is 11.8 Å². The standard InChI is InChI=1S/C20H21N5O2/c1-21-19(26)15-13-23-25-17(10-11-22-18(15)25)16-9-5-6-12-24(16)20(27)14-7-3-2-4-8-14/h2-4,7-8,10-11,13,16H,5-6,9,12H2,1H3,(H,21,26)/t16-/m0/s1. The Hall–Kier alpha value is -3.22. The maximum absolute atomic E-state index is 13.1. The molecule has 0 bridgehead atoms. The van der Waals surface area contributed by atoms with Crippen molar-refractivity contribution in [2.45, 2.75) is 25.3 Å². The molecular weight excluding hydrogens is 342 g/mol. The molecule has 0 spiro atoms. The number of carbonyl (C=O) groups is 2. The maximum atomic E-state index is 13.1. The Kier molecular flexibility index (Phi) is 4.58. The fraction of sp³-hybridized carbons (Fsp3) is 0.300. The monoisotopic (exact) mass is 363 g/mol. The van der Waals surface area contributed by atoms with Crippen LogP contribution >= 0.6 is 0 Å². The Morgan fingerprint density at radius 1 is 1.15 bits per heavy atom. The number of aromatic nitrogens is 3. The van der Waals surface area contributed by atoms with Crippen LogP contribution in [0.5, 0.6) is 0 Å². The molecule has 1 aromatic carbocycles. The van der Waals surface area contributed by atoms with E-state index >= 15 is 0 Å². The van der Waals surface area contributed by atoms with E-state index in [2.05, 4.69) is 15.4 Å². The van der Waals surface area contributed by atoms with E-state index in [1.54, 1.807) is 17.8 Å². The van der Waals surface area contributed by atoms with E-state index in [0.717, 1.165) is 25.0 Å². The number of amides is 2. The maximum Gasteiger partial charge on any atom is 0.256 e. The number of carbonyl (C=O) groups excluding carboxylic acids is 2. The number of likely N-dealkylation sites (tertiary alicyclic amines) is 1. The molecule has 1 aliphatic rings. The second kappa shape index (κ2) is 7.19. The van der Waals surface area contributed by atoms with Crippen molar-refractivity contribution in [3.63, 3.8) is 0 Å². The van der Waals surface area contributed by atoms with Gasteiger partial charge in [-0.15, -0.1) is 0 Å². The molecule has 1 fully saturated rings. The Morgan fingerprint density at radius 3 is 2.74 bits per heavy atom. The molecular formula is C20H21N5O2. The zero-order chi connectivity index (χ0) is 18.8. The van der Waals surface area contributed by atoms with Gasteiger partial charge in [0.15, 0.2) is 5.65 Å². The largest absolute Gasteiger partial charge is 0.355 e. The highest BCUT2D eigenvalue weighted by atomic mass is 16.2. The summed E-state index contributed by atoms with van der Waals surface area (Å²) in [5.41, 5.74) is 2.49. The second-order valence-corrected chi connectivity index (χ2v) is 6.62. The molecule has 3 aromatic rings. The molecule has 138 valence electrons. The van der Waals surface area contributed by atoms with Crippen LogP contribution in [0.4, 0.5) is 0 Å². The van der Waals surface area contributed by atoms with Gasteiger partial charge in [0.2, 0.25) is 0 Å². The van der Waals surface area contributed by atoms with Crippen LogP contribution in [-0.4, -0.2) is 44.9 Å². The van der Waals surface area contributed by atoms with Crippen molar-refractivity contribution in [2.75, 3.05) is 13.6 Å². The summed E-state index contributed by atoms with van der Waals surface area (Å²) in [5, 5.41) is 6.99. The van der Waals surface area contributed by atoms with Crippen molar-refractivity contribution in [1.82, 2.24) is 24.8 Å². The normalized spacial score (nSPS) is 17.1. The van der Waals surface area contributed by atoms with Gasteiger partial charge in [0.1, 0.15) is 5.56 Å². The zero-order valence-corrected chi connectivity index (χ0v) is 15.1. The minimum atomic E-state index is -0.226. The first-order chi connectivity index (χ1) is 13.2. The number of nitrogens with one attached hydrogen (secondary N) is 1. The van der Waals surface area contributed by atoms with Crippen LogP contribution in [0, 0.1) is 0 Å². The minimum Gasteiger partial charge on any atom is -0.355 e. The van der Waals surface area contributed by atoms with E-state index in [9.17, 15) is 9.59 Å². The van der Waals surface area contributed by atoms with Crippen molar-refractivity contribution in [2.24, 2.45) is 0 Å². The number of piperidine rings is 1. The van der Waals surface area contributed by atoms with Gasteiger partial charge in [0, 0.05) is 25.4 Å². The number of hydrogen-bond acceptors (Lipinski definition) is 4. The lowest BCUT2D eigenvalue weighted by molar-refractivity contribution is 0.0603. The average Bonchev–Trinajstić information content (AvgIpc) is 3.17. The molecule has 3 heterocycles. The van der Waals surface area contributed by atoms with Crippen LogP contribution in [0.1, 0.15) is 51.7 Å². The molecule has 27 heavy (non-hydrogen) atoms. The van der Waals surface area contributed by atoms with Crippen molar-refractivity contribution in [1.29, 1.82) is 0 Å². The van der Waals surface area contributed by atoms with Crippen molar-refractivity contribution >= 4 is 17.5 Å². The molecule has 1 aliphatic heterocycles. The minimum absolute atomic E-state index is 0.0175. The fourth-order valence-corrected chi connectivity index (χ4v) is 3.69. The quantitative estimate of drug-likeness (QED) is 0.775. The molecule has 7 nitrogen and oxygen atoms in total. The predicted molar refractivity (Wildman–Crippen MR) is 100 cm³/mol. The third-order valence-electron chi connectivity index (χ3n) is 5.03. The number of benzene rings is 1. The van der Waals surface area contributed by atoms with Crippen LogP contribution in [0.25, 0.3) is 5.65 Å². The van der Waals surface area contributed by atoms with Gasteiger partial charge in [-0.25, -0.2) is 9.50 Å². The summed E-state index contributed by atoms with van der Waals surface area (Å²) in [6.07, 6.45) is 6.07. The third kappa shape index (κ3) is 3.05. The van der Waals surface area contributed by atoms with E-state index in [1.807, 2.05) is 41.3 Å². The lowest BCUT2D eigenvalue weighted by Crippen LogP contribution is -2.39. The highest BCUT2D eigenvalue weighted by Crippen LogP contribution is 2.32. The second-order valence-electron chi connectivity index (χ2n) is 6.62. The van der Waals surface area contributed by atoms with Crippen LogP contribution in [-0.2, 0) is 0 Å². The molecule has 0 saturated carbocycles. The molecule has 2 aromatic heterocycles. The van der Waals surface area contributed by atoms with Gasteiger partial charge in [-0.2, -0.15) is 5.10 Å². The van der Waals surface area contributed by atoms with Gasteiger partial charge in [-0.05, 0) is 37.5 Å². The fourth-order valence-electron chi connectivity index (χ4n) is 3.69. The van der Waals surface area contributed by atoms with Crippen LogP contribution < -0.4 is 5.32 Å². The van der Waals surface area contributed by atoms with Gasteiger partial charge in [0.05, 0.1) is 17.9 Å². The zero-order valence-electron chi connectivity index (χ0n) is 15.1. The first kappa shape index (κ1) is 17.2. The van der Waals surface area contributed by atoms with Crippen molar-refractivity contribution in [3.05, 3.63) is 65.6 Å². The van der Waals surface area contributed by atoms with Crippen LogP contribution in [0.2, 0.25) is 0 Å². The third-order valence-corrected chi connectivity index (χ3v) is 5.03. The summed E-state index contributed by atoms with van der Waals surface area (Å²) >= 11 is 0. The van der Waals surface area contributed by atoms with Crippen molar-refractivity contribution < 1.29 is 9.59 Å². The summed E-state index contributed by atoms with van der Waals surface area (Å²) in [6, 6.07) is 11.1. The Labute approximate surface area is 157 Å². The van der Waals surface area contributed by atoms with Gasteiger partial charge < -0.3 is 10.2 Å². The molecule has 1 atom stereocenters. The van der Waals surface area contributed by atoms with E-state index in [0.29, 0.717) is 23.3 Å². The highest BCUT2D eigenvalue weighted by molar-refractivity contribution is 5.99.